The maximum Gasteiger partial charge on any atom is 0.414 e. The lowest BCUT2D eigenvalue weighted by atomic mass is 9.62. The van der Waals surface area contributed by atoms with Crippen LogP contribution >= 0.6 is 15.2 Å². The van der Waals surface area contributed by atoms with Crippen LogP contribution in [0.5, 0.6) is 0 Å². The van der Waals surface area contributed by atoms with Crippen molar-refractivity contribution in [2.75, 3.05) is 85.7 Å². The molecule has 0 aromatic rings. The Bertz CT molecular complexity index is 3500. The Morgan fingerprint density at radius 3 is 1.59 bits per heavy atom. The minimum absolute atomic E-state index is 0.0451. The standard InChI is InChI=1S/C74H127N13O25P2/c1-13-17-22-48(61(94)76-32-21-30-74(102,113(103,104)105)114(106,107)108)83-63(96)50-24-19-35-86(50)58(93)42-79-55(90)40-82-66(99)70(9,29-15-3)44-71(10,67(100)80-37-47(7)88)43-69(8,16-4)65(98)81-39-54(89)78-41-57(92)87-36-20-25-51(87)64(97)84-49(23-18-14-2)62(95)77-34-33-75-38-56(91)85-68(101)111-52-28-31-73(45-110-73)60(59(52)109-12)72(11)53(112-72)27-26-46(5)6/h26,47-53,59-60,75,88,102H,13-25,27-45H2,1-12H3,(H,76,94)(H,77,95)(H,78,89)(H,79,90)(H,80,100)(H,81,98)(H,82,99)(H,83,96)(H,84,97)(H,85,91,101)(H2,103,104,105)(H2,106,107,108)/t47?,48?,49?,50?,51?,52-,53?,59-,60-,69?,70?,71?,72-,73+/m1/s1. The molecular weight excluding hydrogens is 1530 g/mol. The highest BCUT2D eigenvalue weighted by Gasteiger charge is 2.72. The molecule has 0 aromatic heterocycles. The number of unbranched alkanes of at least 4 members (excludes halogenated alkanes) is 2. The van der Waals surface area contributed by atoms with Gasteiger partial charge in [0.25, 0.3) is 5.08 Å². The van der Waals surface area contributed by atoms with Crippen LogP contribution in [0.25, 0.3) is 0 Å². The summed E-state index contributed by atoms with van der Waals surface area (Å²) in [5.74, 6) is -8.16. The van der Waals surface area contributed by atoms with Crippen LogP contribution in [0.1, 0.15) is 205 Å². The van der Waals surface area contributed by atoms with Crippen LogP contribution in [0, 0.1) is 22.2 Å². The zero-order valence-corrected chi connectivity index (χ0v) is 69.9. The lowest BCUT2D eigenvalue weighted by Crippen LogP contribution is -2.56. The number of aliphatic hydroxyl groups excluding tert-OH is 1. The molecule has 0 bridgehead atoms. The second kappa shape index (κ2) is 43.4. The number of alkyl carbamates (subject to hydrolysis) is 1. The first-order valence-corrected chi connectivity index (χ1v) is 42.9. The molecule has 1 aliphatic carbocycles. The maximum atomic E-state index is 14.4. The monoisotopic (exact) mass is 1660 g/mol. The number of ether oxygens (including phenoxy) is 4. The van der Waals surface area contributed by atoms with Gasteiger partial charge in [0.2, 0.25) is 70.9 Å². The molecule has 14 atom stereocenters. The highest BCUT2D eigenvalue weighted by atomic mass is 31.2. The number of allylic oxidation sites excluding steroid dienone is 1. The van der Waals surface area contributed by atoms with Gasteiger partial charge >= 0.3 is 21.3 Å². The lowest BCUT2D eigenvalue weighted by molar-refractivity contribution is -0.144. The molecule has 4 aliphatic heterocycles. The fourth-order valence-electron chi connectivity index (χ4n) is 15.7. The number of amides is 13. The Morgan fingerprint density at radius 2 is 1.12 bits per heavy atom. The number of nitrogens with one attached hydrogen (secondary N) is 11. The van der Waals surface area contributed by atoms with Crippen LogP contribution in [-0.2, 0) is 85.6 Å². The summed E-state index contributed by atoms with van der Waals surface area (Å²) < 4.78 is 47.5. The van der Waals surface area contributed by atoms with Gasteiger partial charge in [0.15, 0.2) is 0 Å². The van der Waals surface area contributed by atoms with Gasteiger partial charge in [-0.1, -0.05) is 92.2 Å². The molecule has 1 spiro atoms. The Balaban J connectivity index is 1.08. The molecule has 5 aliphatic rings. The van der Waals surface area contributed by atoms with Crippen molar-refractivity contribution in [2.45, 2.75) is 269 Å². The van der Waals surface area contributed by atoms with E-state index >= 15 is 0 Å². The largest absolute Gasteiger partial charge is 0.443 e. The summed E-state index contributed by atoms with van der Waals surface area (Å²) in [6.07, 6.45) is 3.50. The quantitative estimate of drug-likeness (QED) is 0.0168. The van der Waals surface area contributed by atoms with Crippen molar-refractivity contribution >= 4 is 92.2 Å². The zero-order chi connectivity index (χ0) is 85.4. The topological polar surface area (TPSA) is 560 Å². The Kier molecular flexibility index (Phi) is 37.1. The van der Waals surface area contributed by atoms with E-state index in [4.69, 9.17) is 18.9 Å². The number of epoxide rings is 2. The van der Waals surface area contributed by atoms with E-state index < -0.39 is 213 Å². The number of carbonyl (C=O) groups is 13. The fourth-order valence-corrected chi connectivity index (χ4v) is 18.0. The fraction of sp³-hybridized carbons (Fsp3) is 0.797. The minimum atomic E-state index is -5.73. The van der Waals surface area contributed by atoms with Crippen LogP contribution in [-0.4, -0.2) is 267 Å². The van der Waals surface area contributed by atoms with Crippen molar-refractivity contribution in [1.29, 1.82) is 0 Å². The van der Waals surface area contributed by atoms with Crippen molar-refractivity contribution in [3.63, 3.8) is 0 Å². The molecule has 114 heavy (non-hydrogen) atoms. The second-order valence-corrected chi connectivity index (χ2v) is 36.1. The summed E-state index contributed by atoms with van der Waals surface area (Å²) in [6.45, 7) is 17.2. The number of methoxy groups -OCH3 is 1. The smallest absolute Gasteiger partial charge is 0.414 e. The number of carbonyl (C=O) groups excluding carboxylic acids is 13. The van der Waals surface area contributed by atoms with Crippen molar-refractivity contribution in [3.8, 4) is 0 Å². The highest BCUT2D eigenvalue weighted by molar-refractivity contribution is 7.72. The van der Waals surface area contributed by atoms with Crippen molar-refractivity contribution in [1.82, 2.24) is 68.3 Å². The van der Waals surface area contributed by atoms with Gasteiger partial charge in [-0.05, 0) is 118 Å². The molecule has 0 radical (unpaired) electrons. The number of imide groups is 1. The van der Waals surface area contributed by atoms with E-state index in [9.17, 15) is 101 Å². The molecule has 4 saturated heterocycles. The molecule has 5 rings (SSSR count). The molecule has 9 unspecified atom stereocenters. The summed E-state index contributed by atoms with van der Waals surface area (Å²) in [5.41, 5.74) is -4.16. The second-order valence-electron chi connectivity index (χ2n) is 32.1. The molecular formula is C74H127N13O25P2. The van der Waals surface area contributed by atoms with Gasteiger partial charge in [0.05, 0.1) is 57.5 Å². The Morgan fingerprint density at radius 1 is 0.623 bits per heavy atom. The van der Waals surface area contributed by atoms with E-state index in [1.807, 2.05) is 34.6 Å². The number of likely N-dealkylation sites (tertiary alicyclic amines) is 2. The molecule has 0 aromatic carbocycles. The highest BCUT2D eigenvalue weighted by Crippen LogP contribution is 2.69. The van der Waals surface area contributed by atoms with Gasteiger partial charge in [-0.3, -0.25) is 72.0 Å². The third-order valence-electron chi connectivity index (χ3n) is 22.3. The molecule has 648 valence electrons. The molecule has 5 fully saturated rings. The first-order chi connectivity index (χ1) is 53.4. The molecule has 4 heterocycles. The number of hydrogen-bond acceptors (Lipinski definition) is 22. The van der Waals surface area contributed by atoms with E-state index in [2.05, 4.69) is 64.6 Å². The third kappa shape index (κ3) is 27.2. The predicted molar refractivity (Wildman–Crippen MR) is 413 cm³/mol. The van der Waals surface area contributed by atoms with Gasteiger partial charge in [-0.2, -0.15) is 0 Å². The minimum Gasteiger partial charge on any atom is -0.443 e. The Hall–Kier alpha value is -7.09. The van der Waals surface area contributed by atoms with Gasteiger partial charge in [-0.15, -0.1) is 0 Å². The maximum absolute atomic E-state index is 14.4. The summed E-state index contributed by atoms with van der Waals surface area (Å²) in [7, 11) is -9.92. The van der Waals surface area contributed by atoms with Gasteiger partial charge < -0.3 is 112 Å². The Labute approximate surface area is 666 Å². The first kappa shape index (κ1) is 97.5. The van der Waals surface area contributed by atoms with E-state index in [1.54, 1.807) is 41.7 Å². The zero-order valence-electron chi connectivity index (χ0n) is 68.1. The van der Waals surface area contributed by atoms with Gasteiger partial charge in [0, 0.05) is 69.0 Å². The van der Waals surface area contributed by atoms with Crippen LogP contribution in [0.15, 0.2) is 11.6 Å². The van der Waals surface area contributed by atoms with Crippen LogP contribution in [0.2, 0.25) is 0 Å². The number of aliphatic hydroxyl groups is 2. The average Bonchev–Trinajstić information content (AvgIpc) is 1.53. The van der Waals surface area contributed by atoms with Crippen LogP contribution < -0.4 is 58.5 Å². The number of rotatable bonds is 48. The third-order valence-corrected chi connectivity index (χ3v) is 26.2. The number of nitrogens with zero attached hydrogens (tertiary/aromatic N) is 2. The summed E-state index contributed by atoms with van der Waals surface area (Å²) >= 11 is 0. The molecule has 38 nitrogen and oxygen atoms in total. The predicted octanol–water partition coefficient (Wildman–Crippen LogP) is 0.222. The molecule has 40 heteroatoms. The summed E-state index contributed by atoms with van der Waals surface area (Å²) in [5, 5.41) is 45.4. The van der Waals surface area contributed by atoms with Crippen molar-refractivity contribution in [3.05, 3.63) is 11.6 Å². The average molecular weight is 1660 g/mol. The van der Waals surface area contributed by atoms with Crippen LogP contribution in [0.4, 0.5) is 4.79 Å². The first-order valence-electron chi connectivity index (χ1n) is 39.7. The number of hydrogen-bond donors (Lipinski definition) is 17. The van der Waals surface area contributed by atoms with E-state index in [0.29, 0.717) is 64.4 Å². The summed E-state index contributed by atoms with van der Waals surface area (Å²) in [4.78, 5) is 218. The normalized spacial score (nSPS) is 23.6. The van der Waals surface area contributed by atoms with Crippen LogP contribution in [0.3, 0.4) is 0 Å². The lowest BCUT2D eigenvalue weighted by Gasteiger charge is -2.42. The SMILES string of the molecule is CCCCC(NC(=O)C1CCCN1C(=O)CNC(=O)CNC(=O)C(C)(CC)CC(C)(CC(C)(CCC)C(=O)NCC(=O)NCC(=O)N1CCCC1C(=O)NC(CCCC)C(=O)NCCCC(O)(P(=O)(O)O)P(=O)(O)O)C(=O)NCC(C)O)C(=O)NCCNCC(=O)NC(=O)O[C@@H]1CC[C@]2(CO2)[C@@H]([C@]2(C)OC2CC=C(C)C)[C@@H]1OC. The van der Waals surface area contributed by atoms with Gasteiger partial charge in [-0.25, -0.2) is 4.79 Å². The van der Waals surface area contributed by atoms with Gasteiger partial charge in [0.1, 0.15) is 47.6 Å². The van der Waals surface area contributed by atoms with Crippen molar-refractivity contribution < 1.29 is 120 Å². The van der Waals surface area contributed by atoms with Crippen molar-refractivity contribution in [2.24, 2.45) is 22.2 Å². The molecule has 17 N–H and O–H groups in total. The summed E-state index contributed by atoms with van der Waals surface area (Å²) in [6, 6.07) is -4.20. The molecule has 13 amide bonds. The van der Waals surface area contributed by atoms with E-state index in [-0.39, 0.29) is 103 Å². The van der Waals surface area contributed by atoms with E-state index in [1.165, 1.54) is 22.3 Å². The van der Waals surface area contributed by atoms with E-state index in [0.717, 1.165) is 6.42 Å². The molecule has 1 saturated carbocycles.